The van der Waals surface area contributed by atoms with Crippen LogP contribution in [0, 0.1) is 0 Å². The lowest BCUT2D eigenvalue weighted by Crippen LogP contribution is -2.53. The van der Waals surface area contributed by atoms with E-state index in [2.05, 4.69) is 15.4 Å². The Bertz CT molecular complexity index is 1140. The van der Waals surface area contributed by atoms with Gasteiger partial charge in [-0.05, 0) is 31.6 Å². The second-order valence-corrected chi connectivity index (χ2v) is 8.03. The Morgan fingerprint density at radius 1 is 1.21 bits per heavy atom. The van der Waals surface area contributed by atoms with Crippen molar-refractivity contribution in [3.63, 3.8) is 0 Å². The maximum Gasteiger partial charge on any atom is 0.408 e. The fraction of sp³-hybridized carbons (Fsp3) is 0.409. The molecule has 2 aliphatic heterocycles. The van der Waals surface area contributed by atoms with Gasteiger partial charge in [-0.2, -0.15) is 18.3 Å². The third-order valence-electron chi connectivity index (χ3n) is 5.97. The van der Waals surface area contributed by atoms with Gasteiger partial charge in [-0.25, -0.2) is 4.98 Å². The van der Waals surface area contributed by atoms with Gasteiger partial charge >= 0.3 is 6.18 Å². The van der Waals surface area contributed by atoms with Gasteiger partial charge in [0.2, 0.25) is 0 Å². The molecule has 1 saturated heterocycles. The van der Waals surface area contributed by atoms with Gasteiger partial charge in [0.1, 0.15) is 6.54 Å². The molecule has 4 heterocycles. The summed E-state index contributed by atoms with van der Waals surface area (Å²) in [6, 6.07) is 1.43. The first-order valence-corrected chi connectivity index (χ1v) is 10.3. The number of carbonyl (C=O) groups excluding carboxylic acids is 1. The summed E-state index contributed by atoms with van der Waals surface area (Å²) in [6.07, 6.45) is 3.86. The van der Waals surface area contributed by atoms with E-state index >= 15 is 0 Å². The third kappa shape index (κ3) is 3.91. The Labute approximate surface area is 188 Å². The number of rotatable bonds is 6. The lowest BCUT2D eigenvalue weighted by molar-refractivity contribution is -0.142. The lowest BCUT2D eigenvalue weighted by atomic mass is 9.83. The number of dihydropyridines is 1. The van der Waals surface area contributed by atoms with Crippen LogP contribution in [0.1, 0.15) is 25.8 Å². The molecule has 1 N–H and O–H groups in total. The van der Waals surface area contributed by atoms with E-state index in [-0.39, 0.29) is 11.9 Å². The SMILES string of the molecule is CC[C@@H]1N(c2cnn(CC(F)(F)F)c2)C(=O)C2=CC=C(c3cnc(OC)c(OC)c3)NC21C. The largest absolute Gasteiger partial charge is 0.491 e. The molecule has 0 aromatic carbocycles. The summed E-state index contributed by atoms with van der Waals surface area (Å²) in [5, 5.41) is 7.26. The Hall–Kier alpha value is -3.50. The highest BCUT2D eigenvalue weighted by Gasteiger charge is 2.54. The average Bonchev–Trinajstić information content (AvgIpc) is 3.30. The van der Waals surface area contributed by atoms with E-state index in [0.717, 1.165) is 15.9 Å². The van der Waals surface area contributed by atoms with Crippen LogP contribution in [-0.4, -0.2) is 52.6 Å². The molecule has 0 bridgehead atoms. The zero-order chi connectivity index (χ0) is 24.0. The number of hydrogen-bond acceptors (Lipinski definition) is 6. The van der Waals surface area contributed by atoms with Gasteiger partial charge in [-0.1, -0.05) is 6.92 Å². The molecule has 1 amide bonds. The number of anilines is 1. The number of fused-ring (bicyclic) bond motifs is 1. The molecule has 11 heteroatoms. The number of alkyl halides is 3. The molecule has 4 rings (SSSR count). The van der Waals surface area contributed by atoms with E-state index in [1.807, 2.05) is 13.8 Å². The summed E-state index contributed by atoms with van der Waals surface area (Å²) in [5.74, 6) is 0.541. The zero-order valence-corrected chi connectivity index (χ0v) is 18.6. The Balaban J connectivity index is 1.66. The van der Waals surface area contributed by atoms with Crippen LogP contribution in [0.3, 0.4) is 0 Å². The van der Waals surface area contributed by atoms with E-state index in [1.165, 1.54) is 31.5 Å². The predicted molar refractivity (Wildman–Crippen MR) is 115 cm³/mol. The molecule has 33 heavy (non-hydrogen) atoms. The molecule has 0 radical (unpaired) electrons. The molecule has 2 atom stereocenters. The first-order chi connectivity index (χ1) is 15.6. The number of ether oxygens (including phenoxy) is 2. The minimum absolute atomic E-state index is 0.274. The van der Waals surface area contributed by atoms with Crippen molar-refractivity contribution < 1.29 is 27.4 Å². The number of nitrogens with one attached hydrogen (secondary N) is 1. The molecule has 2 aromatic heterocycles. The monoisotopic (exact) mass is 463 g/mol. The lowest BCUT2D eigenvalue weighted by Gasteiger charge is -2.38. The minimum Gasteiger partial charge on any atom is -0.491 e. The van der Waals surface area contributed by atoms with Gasteiger partial charge in [-0.3, -0.25) is 14.4 Å². The van der Waals surface area contributed by atoms with Crippen molar-refractivity contribution in [3.8, 4) is 11.6 Å². The average molecular weight is 463 g/mol. The molecule has 2 aromatic rings. The van der Waals surface area contributed by atoms with Gasteiger partial charge in [0, 0.05) is 29.2 Å². The fourth-order valence-electron chi connectivity index (χ4n) is 4.50. The number of nitrogens with zero attached hydrogens (tertiary/aromatic N) is 4. The Morgan fingerprint density at radius 2 is 1.97 bits per heavy atom. The number of carbonyl (C=O) groups is 1. The molecule has 0 saturated carbocycles. The highest BCUT2D eigenvalue weighted by molar-refractivity contribution is 6.12. The smallest absolute Gasteiger partial charge is 0.408 e. The Morgan fingerprint density at radius 3 is 2.61 bits per heavy atom. The van der Waals surface area contributed by atoms with Crippen LogP contribution in [0.2, 0.25) is 0 Å². The van der Waals surface area contributed by atoms with Crippen LogP contribution < -0.4 is 19.7 Å². The maximum absolute atomic E-state index is 13.3. The maximum atomic E-state index is 13.3. The van der Waals surface area contributed by atoms with Crippen LogP contribution in [0.5, 0.6) is 11.6 Å². The van der Waals surface area contributed by atoms with Crippen molar-refractivity contribution in [2.75, 3.05) is 19.1 Å². The summed E-state index contributed by atoms with van der Waals surface area (Å²) in [4.78, 5) is 19.1. The second-order valence-electron chi connectivity index (χ2n) is 8.03. The molecule has 176 valence electrons. The van der Waals surface area contributed by atoms with E-state index in [9.17, 15) is 18.0 Å². The quantitative estimate of drug-likeness (QED) is 0.708. The Kier molecular flexibility index (Phi) is 5.59. The molecule has 1 fully saturated rings. The highest BCUT2D eigenvalue weighted by Crippen LogP contribution is 2.43. The number of hydrogen-bond donors (Lipinski definition) is 1. The number of methoxy groups -OCH3 is 2. The topological polar surface area (TPSA) is 81.5 Å². The second kappa shape index (κ2) is 8.13. The van der Waals surface area contributed by atoms with Crippen LogP contribution in [0.4, 0.5) is 18.9 Å². The summed E-state index contributed by atoms with van der Waals surface area (Å²) in [6.45, 7) is 2.62. The normalized spacial score (nSPS) is 22.5. The number of halogens is 3. The van der Waals surface area contributed by atoms with Crippen molar-refractivity contribution in [1.29, 1.82) is 0 Å². The van der Waals surface area contributed by atoms with Gasteiger partial charge < -0.3 is 14.8 Å². The number of amides is 1. The summed E-state index contributed by atoms with van der Waals surface area (Å²) in [7, 11) is 3.02. The van der Waals surface area contributed by atoms with Crippen molar-refractivity contribution in [3.05, 3.63) is 47.9 Å². The van der Waals surface area contributed by atoms with Crippen molar-refractivity contribution in [1.82, 2.24) is 20.1 Å². The first-order valence-electron chi connectivity index (χ1n) is 10.3. The molecular formula is C22H24F3N5O3. The van der Waals surface area contributed by atoms with Crippen molar-refractivity contribution in [2.45, 2.75) is 44.6 Å². The van der Waals surface area contributed by atoms with Gasteiger partial charge in [0.15, 0.2) is 5.75 Å². The zero-order valence-electron chi connectivity index (χ0n) is 18.6. The number of aromatic nitrogens is 3. The fourth-order valence-corrected chi connectivity index (χ4v) is 4.50. The molecule has 8 nitrogen and oxygen atoms in total. The third-order valence-corrected chi connectivity index (χ3v) is 5.97. The number of pyridine rings is 1. The number of allylic oxidation sites excluding steroid dienone is 2. The van der Waals surface area contributed by atoms with E-state index in [1.54, 1.807) is 24.4 Å². The van der Waals surface area contributed by atoms with Crippen LogP contribution in [0.15, 0.2) is 42.4 Å². The highest BCUT2D eigenvalue weighted by atomic mass is 19.4. The molecular weight excluding hydrogens is 439 g/mol. The standard InChI is InChI=1S/C22H24F3N5O3/c1-5-18-21(2)15(20(31)30(18)14-10-27-29(11-14)12-22(23,24)25)6-7-16(28-21)13-8-17(32-3)19(33-4)26-9-13/h6-11,18,28H,5,12H2,1-4H3/t18-,21?/m0/s1. The van der Waals surface area contributed by atoms with Gasteiger partial charge in [-0.15, -0.1) is 0 Å². The van der Waals surface area contributed by atoms with Gasteiger partial charge in [0.05, 0.1) is 37.7 Å². The first kappa shape index (κ1) is 22.7. The summed E-state index contributed by atoms with van der Waals surface area (Å²) in [5.41, 5.74) is 1.53. The van der Waals surface area contributed by atoms with Crippen LogP contribution >= 0.6 is 0 Å². The van der Waals surface area contributed by atoms with E-state index in [0.29, 0.717) is 29.3 Å². The summed E-state index contributed by atoms with van der Waals surface area (Å²) >= 11 is 0. The van der Waals surface area contributed by atoms with Crippen LogP contribution in [0.25, 0.3) is 5.70 Å². The minimum atomic E-state index is -4.40. The van der Waals surface area contributed by atoms with Crippen molar-refractivity contribution >= 4 is 17.3 Å². The molecule has 1 unspecified atom stereocenters. The molecule has 2 aliphatic rings. The van der Waals surface area contributed by atoms with Crippen molar-refractivity contribution in [2.24, 2.45) is 0 Å². The molecule has 0 spiro atoms. The van der Waals surface area contributed by atoms with E-state index in [4.69, 9.17) is 9.47 Å². The molecule has 0 aliphatic carbocycles. The van der Waals surface area contributed by atoms with E-state index < -0.39 is 18.3 Å². The van der Waals surface area contributed by atoms with Crippen LogP contribution in [-0.2, 0) is 11.3 Å². The van der Waals surface area contributed by atoms with Gasteiger partial charge in [0.25, 0.3) is 11.8 Å². The summed E-state index contributed by atoms with van der Waals surface area (Å²) < 4.78 is 49.6. The predicted octanol–water partition coefficient (Wildman–Crippen LogP) is 3.31.